The third-order valence-electron chi connectivity index (χ3n) is 4.49. The number of anilines is 1. The van der Waals surface area contributed by atoms with Gasteiger partial charge in [0.2, 0.25) is 0 Å². The molecule has 0 atom stereocenters. The molecule has 5 nitrogen and oxygen atoms in total. The zero-order valence-corrected chi connectivity index (χ0v) is 17.3. The average Bonchev–Trinajstić information content (AvgIpc) is 2.66. The Morgan fingerprint density at radius 2 is 1.82 bits per heavy atom. The minimum absolute atomic E-state index is 0.0216. The second kappa shape index (κ2) is 9.30. The first-order valence-electron chi connectivity index (χ1n) is 9.12. The first-order chi connectivity index (χ1) is 13.3. The van der Waals surface area contributed by atoms with Crippen molar-refractivity contribution in [1.29, 1.82) is 0 Å². The highest BCUT2D eigenvalue weighted by atomic mass is 35.5. The van der Waals surface area contributed by atoms with E-state index in [1.165, 1.54) is 12.4 Å². The summed E-state index contributed by atoms with van der Waals surface area (Å²) in [6, 6.07) is 1.51. The minimum Gasteiger partial charge on any atom is -0.508 e. The maximum atomic E-state index is 15.2. The molecule has 28 heavy (non-hydrogen) atoms. The summed E-state index contributed by atoms with van der Waals surface area (Å²) in [6.45, 7) is 11.6. The molecule has 0 saturated carbocycles. The number of piperazine rings is 1. The highest BCUT2D eigenvalue weighted by molar-refractivity contribution is 6.33. The zero-order chi connectivity index (χ0) is 21.0. The fourth-order valence-corrected chi connectivity index (χ4v) is 3.42. The predicted molar refractivity (Wildman–Crippen MR) is 111 cm³/mol. The summed E-state index contributed by atoms with van der Waals surface area (Å²) in [6.07, 6.45) is 1.27. The number of benzene rings is 1. The summed E-state index contributed by atoms with van der Waals surface area (Å²) >= 11 is 6.25. The molecule has 1 saturated heterocycles. The molecule has 0 radical (unpaired) electrons. The molecule has 0 bridgehead atoms. The second-order valence-corrected chi connectivity index (χ2v) is 6.69. The molecule has 1 N–H and O–H groups in total. The number of likely N-dealkylation sites (N-methyl/N-ethyl adjacent to an activating group) is 1. The van der Waals surface area contributed by atoms with Crippen molar-refractivity contribution in [2.24, 2.45) is 0 Å². The largest absolute Gasteiger partial charge is 0.508 e. The van der Waals surface area contributed by atoms with E-state index in [1.807, 2.05) is 25.8 Å². The Hall–Kier alpha value is -2.25. The van der Waals surface area contributed by atoms with Gasteiger partial charge in [-0.15, -0.1) is 0 Å². The number of aliphatic hydroxyl groups excluding tert-OH is 1. The van der Waals surface area contributed by atoms with Crippen molar-refractivity contribution in [3.8, 4) is 0 Å². The van der Waals surface area contributed by atoms with Crippen molar-refractivity contribution in [3.63, 3.8) is 0 Å². The lowest BCUT2D eigenvalue weighted by atomic mass is 10.0. The van der Waals surface area contributed by atoms with Gasteiger partial charge in [-0.1, -0.05) is 32.0 Å². The van der Waals surface area contributed by atoms with Gasteiger partial charge < -0.3 is 14.9 Å². The number of hydrogen-bond acceptors (Lipinski definition) is 5. The van der Waals surface area contributed by atoms with Crippen LogP contribution < -0.4 is 4.90 Å². The summed E-state index contributed by atoms with van der Waals surface area (Å²) in [4.78, 5) is 12.6. The van der Waals surface area contributed by atoms with Crippen molar-refractivity contribution >= 4 is 33.9 Å². The highest BCUT2D eigenvalue weighted by Gasteiger charge is 2.25. The molecule has 1 aromatic carbocycles. The zero-order valence-electron chi connectivity index (χ0n) is 16.6. The molecular formula is C20H25ClF2N4O. The number of fused-ring (bicyclic) bond motifs is 1. The molecular weight excluding hydrogens is 386 g/mol. The first kappa shape index (κ1) is 22.0. The Bertz CT molecular complexity index is 905. The van der Waals surface area contributed by atoms with Gasteiger partial charge in [0.1, 0.15) is 29.2 Å². The van der Waals surface area contributed by atoms with Crippen LogP contribution in [0.4, 0.5) is 14.6 Å². The van der Waals surface area contributed by atoms with Crippen molar-refractivity contribution in [2.45, 2.75) is 20.8 Å². The van der Waals surface area contributed by atoms with E-state index in [0.29, 0.717) is 11.2 Å². The van der Waals surface area contributed by atoms with Crippen molar-refractivity contribution in [3.05, 3.63) is 47.0 Å². The van der Waals surface area contributed by atoms with Gasteiger partial charge in [-0.25, -0.2) is 18.7 Å². The van der Waals surface area contributed by atoms with Gasteiger partial charge in [-0.05, 0) is 20.0 Å². The number of aromatic nitrogens is 2. The van der Waals surface area contributed by atoms with E-state index in [4.69, 9.17) is 11.6 Å². The Balaban J connectivity index is 0.00000136. The van der Waals surface area contributed by atoms with Crippen LogP contribution in [-0.4, -0.2) is 53.2 Å². The number of hydrogen-bond donors (Lipinski definition) is 1. The quantitative estimate of drug-likeness (QED) is 0.571. The third kappa shape index (κ3) is 4.25. The second-order valence-electron chi connectivity index (χ2n) is 6.29. The molecule has 2 heterocycles. The Kier molecular flexibility index (Phi) is 7.32. The SMILES string of the molecule is C=C(O)/C(=C(\C)F)c1c(Cl)cc2c(N3CCN(C)CC3)ncnc2c1F.CC. The molecule has 3 rings (SSSR count). The number of aliphatic hydroxyl groups is 1. The molecule has 1 aliphatic heterocycles. The number of halogens is 3. The van der Waals surface area contributed by atoms with E-state index in [0.717, 1.165) is 33.1 Å². The normalized spacial score (nSPS) is 15.8. The van der Waals surface area contributed by atoms with Crippen LogP contribution in [0, 0.1) is 5.82 Å². The lowest BCUT2D eigenvalue weighted by molar-refractivity contribution is 0.312. The smallest absolute Gasteiger partial charge is 0.159 e. The van der Waals surface area contributed by atoms with Gasteiger partial charge >= 0.3 is 0 Å². The first-order valence-corrected chi connectivity index (χ1v) is 9.50. The van der Waals surface area contributed by atoms with Crippen LogP contribution in [0.1, 0.15) is 26.3 Å². The number of nitrogens with zero attached hydrogens (tertiary/aromatic N) is 4. The standard InChI is InChI=1S/C18H19ClF2N4O.C2H6/c1-10(20)14(11(2)26)15-13(19)8-12-17(16(15)21)22-9-23-18(12)25-6-4-24(3)5-7-25;1-2/h8-9,26H,2,4-7H2,1,3H3;1-2H3/b14-10-;. The van der Waals surface area contributed by atoms with Crippen LogP contribution in [0.15, 0.2) is 30.6 Å². The van der Waals surface area contributed by atoms with Crippen LogP contribution in [-0.2, 0) is 0 Å². The summed E-state index contributed by atoms with van der Waals surface area (Å²) < 4.78 is 29.0. The van der Waals surface area contributed by atoms with Gasteiger partial charge in [0.05, 0.1) is 10.6 Å². The van der Waals surface area contributed by atoms with Gasteiger partial charge in [0.15, 0.2) is 5.82 Å². The fraction of sp³-hybridized carbons (Fsp3) is 0.400. The number of allylic oxidation sites excluding steroid dienone is 2. The summed E-state index contributed by atoms with van der Waals surface area (Å²) in [5.74, 6) is -1.61. The molecule has 0 unspecified atom stereocenters. The molecule has 8 heteroatoms. The summed E-state index contributed by atoms with van der Waals surface area (Å²) in [5.41, 5.74) is -0.600. The molecule has 0 spiro atoms. The van der Waals surface area contributed by atoms with E-state index >= 15 is 4.39 Å². The number of rotatable bonds is 3. The van der Waals surface area contributed by atoms with Crippen molar-refractivity contribution in [2.75, 3.05) is 38.1 Å². The van der Waals surface area contributed by atoms with Gasteiger partial charge in [-0.3, -0.25) is 0 Å². The van der Waals surface area contributed by atoms with Crippen LogP contribution >= 0.6 is 11.6 Å². The third-order valence-corrected chi connectivity index (χ3v) is 4.78. The van der Waals surface area contributed by atoms with Gasteiger partial charge in [-0.2, -0.15) is 0 Å². The molecule has 0 aliphatic carbocycles. The minimum atomic E-state index is -0.813. The van der Waals surface area contributed by atoms with Crippen LogP contribution in [0.25, 0.3) is 16.5 Å². The maximum absolute atomic E-state index is 15.2. The lowest BCUT2D eigenvalue weighted by Crippen LogP contribution is -2.44. The monoisotopic (exact) mass is 410 g/mol. The Labute approximate surface area is 169 Å². The van der Waals surface area contributed by atoms with E-state index in [2.05, 4.69) is 21.4 Å². The average molecular weight is 411 g/mol. The van der Waals surface area contributed by atoms with E-state index in [1.54, 1.807) is 0 Å². The fourth-order valence-electron chi connectivity index (χ4n) is 3.13. The topological polar surface area (TPSA) is 52.5 Å². The van der Waals surface area contributed by atoms with Crippen molar-refractivity contribution in [1.82, 2.24) is 14.9 Å². The van der Waals surface area contributed by atoms with E-state index in [-0.39, 0.29) is 21.7 Å². The molecule has 2 aromatic rings. The Morgan fingerprint density at radius 1 is 1.21 bits per heavy atom. The van der Waals surface area contributed by atoms with Crippen LogP contribution in [0.3, 0.4) is 0 Å². The summed E-state index contributed by atoms with van der Waals surface area (Å²) in [7, 11) is 2.03. The molecule has 152 valence electrons. The summed E-state index contributed by atoms with van der Waals surface area (Å²) in [5, 5.41) is 10.1. The van der Waals surface area contributed by atoms with E-state index < -0.39 is 17.4 Å². The van der Waals surface area contributed by atoms with Crippen molar-refractivity contribution < 1.29 is 13.9 Å². The van der Waals surface area contributed by atoms with Crippen LogP contribution in [0.2, 0.25) is 5.02 Å². The molecule has 1 aromatic heterocycles. The molecule has 1 aliphatic rings. The highest BCUT2D eigenvalue weighted by Crippen LogP contribution is 2.38. The predicted octanol–water partition coefficient (Wildman–Crippen LogP) is 4.97. The Morgan fingerprint density at radius 3 is 2.36 bits per heavy atom. The lowest BCUT2D eigenvalue weighted by Gasteiger charge is -2.33. The molecule has 1 fully saturated rings. The molecule has 0 amide bonds. The maximum Gasteiger partial charge on any atom is 0.159 e. The van der Waals surface area contributed by atoms with Gasteiger partial charge in [0.25, 0.3) is 0 Å². The van der Waals surface area contributed by atoms with Crippen LogP contribution in [0.5, 0.6) is 0 Å². The van der Waals surface area contributed by atoms with E-state index in [9.17, 15) is 9.50 Å². The van der Waals surface area contributed by atoms with Gasteiger partial charge in [0, 0.05) is 37.1 Å².